The quantitative estimate of drug-likeness (QED) is 0.684. The third-order valence-corrected chi connectivity index (χ3v) is 4.26. The average molecular weight is 346 g/mol. The molecule has 2 rings (SSSR count). The molecule has 1 aromatic heterocycles. The molecule has 2 aromatic rings. The minimum absolute atomic E-state index is 0.0730. The van der Waals surface area contributed by atoms with E-state index in [1.54, 1.807) is 0 Å². The lowest BCUT2D eigenvalue weighted by Crippen LogP contribution is -2.33. The molecule has 1 aromatic carbocycles. The predicted molar refractivity (Wildman–Crippen MR) is 94.9 cm³/mol. The Balaban J connectivity index is 1.70. The highest BCUT2D eigenvalue weighted by molar-refractivity contribution is 7.15. The minimum atomic E-state index is -0.298. The van der Waals surface area contributed by atoms with Crippen molar-refractivity contribution in [1.82, 2.24) is 15.5 Å². The zero-order chi connectivity index (χ0) is 17.2. The van der Waals surface area contributed by atoms with Gasteiger partial charge in [0.1, 0.15) is 5.01 Å². The van der Waals surface area contributed by atoms with E-state index in [9.17, 15) is 9.59 Å². The normalized spacial score (nSPS) is 10.4. The third kappa shape index (κ3) is 6.45. The fourth-order valence-corrected chi connectivity index (χ4v) is 2.92. The van der Waals surface area contributed by atoms with Crippen molar-refractivity contribution in [2.24, 2.45) is 0 Å². The Morgan fingerprint density at radius 2 is 1.88 bits per heavy atom. The molecule has 0 bridgehead atoms. The molecule has 7 heteroatoms. The van der Waals surface area contributed by atoms with Crippen LogP contribution in [0.15, 0.2) is 30.3 Å². The first-order valence-electron chi connectivity index (χ1n) is 8.10. The van der Waals surface area contributed by atoms with Crippen LogP contribution in [0.25, 0.3) is 0 Å². The lowest BCUT2D eigenvalue weighted by Gasteiger charge is -2.04. The topological polar surface area (TPSA) is 84.0 Å². The molecule has 0 unspecified atom stereocenters. The van der Waals surface area contributed by atoms with Crippen molar-refractivity contribution in [3.8, 4) is 0 Å². The van der Waals surface area contributed by atoms with Gasteiger partial charge >= 0.3 is 0 Å². The molecule has 0 aliphatic heterocycles. The highest BCUT2D eigenvalue weighted by Crippen LogP contribution is 2.17. The number of benzene rings is 1. The number of hydrogen-bond donors (Lipinski definition) is 2. The number of amides is 2. The third-order valence-electron chi connectivity index (χ3n) is 3.36. The zero-order valence-electron chi connectivity index (χ0n) is 13.7. The summed E-state index contributed by atoms with van der Waals surface area (Å²) >= 11 is 1.38. The van der Waals surface area contributed by atoms with E-state index in [1.807, 2.05) is 30.3 Å². The average Bonchev–Trinajstić information content (AvgIpc) is 3.01. The summed E-state index contributed by atoms with van der Waals surface area (Å²) in [7, 11) is 0. The van der Waals surface area contributed by atoms with Gasteiger partial charge in [-0.05, 0) is 12.0 Å². The number of carbonyl (C=O) groups is 2. The van der Waals surface area contributed by atoms with Crippen LogP contribution in [0.4, 0.5) is 5.13 Å². The Bertz CT molecular complexity index is 658. The van der Waals surface area contributed by atoms with Gasteiger partial charge in [0.15, 0.2) is 0 Å². The Morgan fingerprint density at radius 3 is 2.62 bits per heavy atom. The van der Waals surface area contributed by atoms with Crippen LogP contribution in [0.5, 0.6) is 0 Å². The van der Waals surface area contributed by atoms with Gasteiger partial charge in [-0.25, -0.2) is 0 Å². The molecule has 2 amide bonds. The summed E-state index contributed by atoms with van der Waals surface area (Å²) < 4.78 is 0. The van der Waals surface area contributed by atoms with Crippen LogP contribution in [-0.4, -0.2) is 28.6 Å². The smallest absolute Gasteiger partial charge is 0.245 e. The number of anilines is 1. The van der Waals surface area contributed by atoms with Crippen molar-refractivity contribution in [3.05, 3.63) is 40.9 Å². The highest BCUT2D eigenvalue weighted by Gasteiger charge is 2.10. The van der Waals surface area contributed by atoms with E-state index < -0.39 is 0 Å². The van der Waals surface area contributed by atoms with Crippen LogP contribution in [-0.2, 0) is 22.4 Å². The first-order chi connectivity index (χ1) is 11.7. The van der Waals surface area contributed by atoms with Crippen molar-refractivity contribution in [2.45, 2.75) is 39.0 Å². The highest BCUT2D eigenvalue weighted by atomic mass is 32.1. The Labute approximate surface area is 145 Å². The summed E-state index contributed by atoms with van der Waals surface area (Å²) in [6.45, 7) is 2.08. The zero-order valence-corrected chi connectivity index (χ0v) is 14.6. The molecule has 0 fully saturated rings. The van der Waals surface area contributed by atoms with E-state index >= 15 is 0 Å². The van der Waals surface area contributed by atoms with Gasteiger partial charge in [0.2, 0.25) is 16.9 Å². The Hall–Kier alpha value is -2.28. The SMILES string of the molecule is CCCCCc1nnc(NC(=O)CNC(=O)Cc2ccccc2)s1. The van der Waals surface area contributed by atoms with Crippen LogP contribution in [0.3, 0.4) is 0 Å². The maximum atomic E-state index is 11.9. The second kappa shape index (κ2) is 9.77. The molecular weight excluding hydrogens is 324 g/mol. The second-order valence-corrected chi connectivity index (χ2v) is 6.51. The fourth-order valence-electron chi connectivity index (χ4n) is 2.12. The van der Waals surface area contributed by atoms with Gasteiger partial charge < -0.3 is 5.32 Å². The number of rotatable bonds is 9. The molecule has 0 radical (unpaired) electrons. The van der Waals surface area contributed by atoms with Crippen molar-refractivity contribution >= 4 is 28.3 Å². The first kappa shape index (κ1) is 18.1. The molecule has 1 heterocycles. The van der Waals surface area contributed by atoms with Crippen molar-refractivity contribution in [2.75, 3.05) is 11.9 Å². The molecule has 0 spiro atoms. The predicted octanol–water partition coefficient (Wildman–Crippen LogP) is 2.57. The van der Waals surface area contributed by atoms with Gasteiger partial charge in [-0.1, -0.05) is 61.4 Å². The molecule has 128 valence electrons. The maximum Gasteiger partial charge on any atom is 0.245 e. The van der Waals surface area contributed by atoms with E-state index in [1.165, 1.54) is 11.3 Å². The lowest BCUT2D eigenvalue weighted by molar-refractivity contribution is -0.123. The standard InChI is InChI=1S/C17H22N4O2S/c1-2-3-5-10-16-20-21-17(24-16)19-15(23)12-18-14(22)11-13-8-6-4-7-9-13/h4,6-9H,2-3,5,10-12H2,1H3,(H,18,22)(H,19,21,23). The van der Waals surface area contributed by atoms with Crippen LogP contribution in [0.2, 0.25) is 0 Å². The fraction of sp³-hybridized carbons (Fsp3) is 0.412. The van der Waals surface area contributed by atoms with Crippen molar-refractivity contribution in [3.63, 3.8) is 0 Å². The molecular formula is C17H22N4O2S. The largest absolute Gasteiger partial charge is 0.347 e. The summed E-state index contributed by atoms with van der Waals surface area (Å²) in [5.74, 6) is -0.485. The van der Waals surface area contributed by atoms with Gasteiger partial charge in [0.25, 0.3) is 0 Å². The summed E-state index contributed by atoms with van der Waals surface area (Å²) in [6, 6.07) is 9.40. The molecule has 0 saturated heterocycles. The molecule has 0 aliphatic carbocycles. The summed E-state index contributed by atoms with van der Waals surface area (Å²) in [6.07, 6.45) is 4.54. The van der Waals surface area contributed by atoms with E-state index in [4.69, 9.17) is 0 Å². The molecule has 6 nitrogen and oxygen atoms in total. The van der Waals surface area contributed by atoms with Gasteiger partial charge in [-0.2, -0.15) is 0 Å². The van der Waals surface area contributed by atoms with E-state index in [-0.39, 0.29) is 24.8 Å². The van der Waals surface area contributed by atoms with Gasteiger partial charge in [-0.3, -0.25) is 14.9 Å². The molecule has 0 saturated carbocycles. The lowest BCUT2D eigenvalue weighted by atomic mass is 10.1. The molecule has 0 aliphatic rings. The maximum absolute atomic E-state index is 11.9. The summed E-state index contributed by atoms with van der Waals surface area (Å²) in [5, 5.41) is 14.7. The molecule has 0 atom stereocenters. The second-order valence-electron chi connectivity index (χ2n) is 5.45. The number of carbonyl (C=O) groups excluding carboxylic acids is 2. The number of nitrogens with zero attached hydrogens (tertiary/aromatic N) is 2. The first-order valence-corrected chi connectivity index (χ1v) is 8.92. The number of unbranched alkanes of at least 4 members (excludes halogenated alkanes) is 2. The molecule has 24 heavy (non-hydrogen) atoms. The van der Waals surface area contributed by atoms with Crippen LogP contribution in [0, 0.1) is 0 Å². The molecule has 2 N–H and O–H groups in total. The van der Waals surface area contributed by atoms with Crippen LogP contribution in [0.1, 0.15) is 36.8 Å². The van der Waals surface area contributed by atoms with Crippen LogP contribution >= 0.6 is 11.3 Å². The number of hydrogen-bond acceptors (Lipinski definition) is 5. The van der Waals surface area contributed by atoms with Crippen molar-refractivity contribution < 1.29 is 9.59 Å². The Kier molecular flexibility index (Phi) is 7.35. The summed E-state index contributed by atoms with van der Waals surface area (Å²) in [5.41, 5.74) is 0.913. The van der Waals surface area contributed by atoms with Crippen molar-refractivity contribution in [1.29, 1.82) is 0 Å². The minimum Gasteiger partial charge on any atom is -0.347 e. The number of aryl methyl sites for hydroxylation is 1. The van der Waals surface area contributed by atoms with E-state index in [0.29, 0.717) is 5.13 Å². The summed E-state index contributed by atoms with van der Waals surface area (Å²) in [4.78, 5) is 23.7. The van der Waals surface area contributed by atoms with Gasteiger partial charge in [0, 0.05) is 6.42 Å². The van der Waals surface area contributed by atoms with E-state index in [0.717, 1.165) is 36.3 Å². The van der Waals surface area contributed by atoms with E-state index in [2.05, 4.69) is 27.8 Å². The Morgan fingerprint density at radius 1 is 1.08 bits per heavy atom. The number of nitrogens with one attached hydrogen (secondary N) is 2. The van der Waals surface area contributed by atoms with Crippen LogP contribution < -0.4 is 10.6 Å². The monoisotopic (exact) mass is 346 g/mol. The number of aromatic nitrogens is 2. The van der Waals surface area contributed by atoms with Gasteiger partial charge in [0.05, 0.1) is 13.0 Å². The van der Waals surface area contributed by atoms with Gasteiger partial charge in [-0.15, -0.1) is 10.2 Å².